The number of hydrogen-bond acceptors (Lipinski definition) is 2. The molecule has 3 nitrogen and oxygen atoms in total. The third-order valence-corrected chi connectivity index (χ3v) is 2.52. The second-order valence-corrected chi connectivity index (χ2v) is 3.61. The highest BCUT2D eigenvalue weighted by molar-refractivity contribution is 5.68. The van der Waals surface area contributed by atoms with Crippen molar-refractivity contribution in [2.24, 2.45) is 0 Å². The van der Waals surface area contributed by atoms with E-state index in [1.165, 1.54) is 0 Å². The van der Waals surface area contributed by atoms with E-state index in [0.717, 1.165) is 0 Å². The van der Waals surface area contributed by atoms with Crippen molar-refractivity contribution in [1.29, 1.82) is 0 Å². The number of halogens is 5. The summed E-state index contributed by atoms with van der Waals surface area (Å²) in [6.45, 7) is -0.171. The Balaban J connectivity index is 2.53. The van der Waals surface area contributed by atoms with Crippen molar-refractivity contribution in [1.82, 2.24) is 5.32 Å². The largest absolute Gasteiger partial charge is 0.449 e. The first kappa shape index (κ1) is 12.6. The molecular weight excluding hydrogens is 261 g/mol. The highest BCUT2D eigenvalue weighted by Crippen LogP contribution is 2.30. The van der Waals surface area contributed by atoms with Crippen molar-refractivity contribution in [3.8, 4) is 0 Å². The van der Waals surface area contributed by atoms with Gasteiger partial charge in [0.15, 0.2) is 23.3 Å². The molecule has 1 atom stereocenters. The summed E-state index contributed by atoms with van der Waals surface area (Å²) in [5.74, 6) is -10.2. The van der Waals surface area contributed by atoms with Crippen molar-refractivity contribution < 1.29 is 31.5 Å². The van der Waals surface area contributed by atoms with E-state index >= 15 is 0 Å². The molecule has 2 rings (SSSR count). The highest BCUT2D eigenvalue weighted by Gasteiger charge is 2.32. The Morgan fingerprint density at radius 3 is 1.94 bits per heavy atom. The van der Waals surface area contributed by atoms with Gasteiger partial charge in [0.25, 0.3) is 0 Å². The molecule has 0 aliphatic carbocycles. The summed E-state index contributed by atoms with van der Waals surface area (Å²) in [6, 6.07) is -1.31. The van der Waals surface area contributed by atoms with Crippen LogP contribution in [0, 0.1) is 29.1 Å². The Labute approximate surface area is 97.5 Å². The zero-order valence-electron chi connectivity index (χ0n) is 8.70. The maximum absolute atomic E-state index is 13.4. The van der Waals surface area contributed by atoms with Gasteiger partial charge in [0.05, 0.1) is 18.2 Å². The van der Waals surface area contributed by atoms with Crippen LogP contribution in [0.3, 0.4) is 0 Å². The van der Waals surface area contributed by atoms with Gasteiger partial charge in [0, 0.05) is 6.42 Å². The predicted molar refractivity (Wildman–Crippen MR) is 48.1 cm³/mol. The number of amides is 1. The van der Waals surface area contributed by atoms with Gasteiger partial charge in [0.2, 0.25) is 5.82 Å². The fourth-order valence-electron chi connectivity index (χ4n) is 1.67. The lowest BCUT2D eigenvalue weighted by Crippen LogP contribution is -2.36. The zero-order valence-corrected chi connectivity index (χ0v) is 8.70. The second-order valence-electron chi connectivity index (χ2n) is 3.61. The minimum Gasteiger partial charge on any atom is -0.449 e. The van der Waals surface area contributed by atoms with Gasteiger partial charge in [-0.15, -0.1) is 0 Å². The van der Waals surface area contributed by atoms with Crippen LogP contribution in [-0.2, 0) is 4.74 Å². The Bertz CT molecular complexity index is 490. The van der Waals surface area contributed by atoms with E-state index in [4.69, 9.17) is 0 Å². The van der Waals surface area contributed by atoms with Crippen LogP contribution >= 0.6 is 0 Å². The van der Waals surface area contributed by atoms with Gasteiger partial charge >= 0.3 is 6.09 Å². The number of carbonyl (C=O) groups excluding carboxylic acids is 1. The van der Waals surface area contributed by atoms with Crippen molar-refractivity contribution >= 4 is 6.09 Å². The fraction of sp³-hybridized carbons (Fsp3) is 0.300. The normalized spacial score (nSPS) is 19.4. The predicted octanol–water partition coefficient (Wildman–Crippen LogP) is 2.55. The van der Waals surface area contributed by atoms with Gasteiger partial charge in [-0.25, -0.2) is 26.7 Å². The number of cyclic esters (lactones) is 1. The molecule has 0 radical (unpaired) electrons. The van der Waals surface area contributed by atoms with Crippen molar-refractivity contribution in [2.75, 3.05) is 6.61 Å². The van der Waals surface area contributed by atoms with Gasteiger partial charge in [-0.3, -0.25) is 0 Å². The Kier molecular flexibility index (Phi) is 3.10. The molecule has 0 spiro atoms. The molecule has 1 fully saturated rings. The van der Waals surface area contributed by atoms with E-state index in [2.05, 4.69) is 4.74 Å². The smallest absolute Gasteiger partial charge is 0.407 e. The van der Waals surface area contributed by atoms with Crippen molar-refractivity contribution in [2.45, 2.75) is 12.5 Å². The summed E-state index contributed by atoms with van der Waals surface area (Å²) in [5.41, 5.74) is -1.05. The summed E-state index contributed by atoms with van der Waals surface area (Å²) in [4.78, 5) is 10.9. The standard InChI is InChI=1S/C10H6F5NO2/c11-5-4(3-1-2-18-10(17)16-3)6(12)8(14)9(15)7(5)13/h3H,1-2H2,(H,16,17)/t3-/m0/s1. The summed E-state index contributed by atoms with van der Waals surface area (Å²) in [7, 11) is 0. The quantitative estimate of drug-likeness (QED) is 0.482. The number of hydrogen-bond donors (Lipinski definition) is 1. The molecule has 0 unspecified atom stereocenters. The van der Waals surface area contributed by atoms with Crippen LogP contribution in [0.15, 0.2) is 0 Å². The molecule has 8 heteroatoms. The van der Waals surface area contributed by atoms with Crippen LogP contribution in [0.4, 0.5) is 26.7 Å². The third-order valence-electron chi connectivity index (χ3n) is 2.52. The Hall–Kier alpha value is -1.86. The third kappa shape index (κ3) is 1.87. The van der Waals surface area contributed by atoms with E-state index in [9.17, 15) is 26.7 Å². The van der Waals surface area contributed by atoms with E-state index in [1.807, 2.05) is 5.32 Å². The summed E-state index contributed by atoms with van der Waals surface area (Å²) >= 11 is 0. The number of rotatable bonds is 1. The fourth-order valence-corrected chi connectivity index (χ4v) is 1.67. The van der Waals surface area contributed by atoms with E-state index < -0.39 is 46.8 Å². The van der Waals surface area contributed by atoms with Gasteiger partial charge in [-0.1, -0.05) is 0 Å². The summed E-state index contributed by atoms with van der Waals surface area (Å²) in [5, 5.41) is 1.99. The molecule has 1 aliphatic rings. The average molecular weight is 267 g/mol. The first-order valence-electron chi connectivity index (χ1n) is 4.88. The van der Waals surface area contributed by atoms with Crippen LogP contribution in [0.5, 0.6) is 0 Å². The van der Waals surface area contributed by atoms with Gasteiger partial charge in [-0.05, 0) is 0 Å². The van der Waals surface area contributed by atoms with E-state index in [1.54, 1.807) is 0 Å². The monoisotopic (exact) mass is 267 g/mol. The number of nitrogens with one attached hydrogen (secondary N) is 1. The Morgan fingerprint density at radius 2 is 1.44 bits per heavy atom. The van der Waals surface area contributed by atoms with Crippen molar-refractivity contribution in [3.05, 3.63) is 34.6 Å². The van der Waals surface area contributed by atoms with Gasteiger partial charge in [0.1, 0.15) is 0 Å². The molecule has 1 N–H and O–H groups in total. The molecule has 0 aromatic heterocycles. The molecule has 1 aromatic carbocycles. The topological polar surface area (TPSA) is 38.3 Å². The van der Waals surface area contributed by atoms with Crippen LogP contribution in [0.1, 0.15) is 18.0 Å². The number of benzene rings is 1. The first-order chi connectivity index (χ1) is 8.43. The van der Waals surface area contributed by atoms with Crippen LogP contribution < -0.4 is 5.32 Å². The molecule has 1 heterocycles. The van der Waals surface area contributed by atoms with E-state index in [-0.39, 0.29) is 13.0 Å². The lowest BCUT2D eigenvalue weighted by atomic mass is 10.0. The van der Waals surface area contributed by atoms with Gasteiger partial charge in [-0.2, -0.15) is 0 Å². The molecule has 1 saturated heterocycles. The minimum atomic E-state index is -2.23. The maximum atomic E-state index is 13.4. The zero-order chi connectivity index (χ0) is 13.4. The molecule has 18 heavy (non-hydrogen) atoms. The first-order valence-corrected chi connectivity index (χ1v) is 4.88. The molecule has 0 saturated carbocycles. The second kappa shape index (κ2) is 4.43. The van der Waals surface area contributed by atoms with E-state index in [0.29, 0.717) is 0 Å². The Morgan fingerprint density at radius 1 is 0.944 bits per heavy atom. The number of ether oxygens (including phenoxy) is 1. The molecule has 0 bridgehead atoms. The number of carbonyl (C=O) groups is 1. The lowest BCUT2D eigenvalue weighted by molar-refractivity contribution is 0.114. The maximum Gasteiger partial charge on any atom is 0.407 e. The van der Waals surface area contributed by atoms with Gasteiger partial charge < -0.3 is 10.1 Å². The summed E-state index contributed by atoms with van der Waals surface area (Å²) < 4.78 is 69.9. The number of alkyl carbamates (subject to hydrolysis) is 1. The molecule has 98 valence electrons. The molecular formula is C10H6F5NO2. The minimum absolute atomic E-state index is 0.0932. The lowest BCUT2D eigenvalue weighted by Gasteiger charge is -2.24. The van der Waals surface area contributed by atoms with Crippen molar-refractivity contribution in [3.63, 3.8) is 0 Å². The highest BCUT2D eigenvalue weighted by atomic mass is 19.2. The molecule has 1 aromatic rings. The molecule has 1 amide bonds. The van der Waals surface area contributed by atoms with Crippen LogP contribution in [0.25, 0.3) is 0 Å². The SMILES string of the molecule is O=C1N[C@H](c2c(F)c(F)c(F)c(F)c2F)CCO1. The molecule has 1 aliphatic heterocycles. The van der Waals surface area contributed by atoms with Crippen LogP contribution in [0.2, 0.25) is 0 Å². The summed E-state index contributed by atoms with van der Waals surface area (Å²) in [6.07, 6.45) is -1.07. The van der Waals surface area contributed by atoms with Crippen LogP contribution in [-0.4, -0.2) is 12.7 Å². The average Bonchev–Trinajstić information content (AvgIpc) is 2.34.